The van der Waals surface area contributed by atoms with Gasteiger partial charge in [-0.3, -0.25) is 0 Å². The van der Waals surface area contributed by atoms with Gasteiger partial charge in [0.05, 0.1) is 0 Å². The number of thiophene rings is 1. The highest BCUT2D eigenvalue weighted by atomic mass is 32.1. The fraction of sp³-hybridized carbons (Fsp3) is 0.286. The van der Waals surface area contributed by atoms with Crippen LogP contribution in [0, 0.1) is 0 Å². The van der Waals surface area contributed by atoms with E-state index in [9.17, 15) is 0 Å². The molecule has 0 spiro atoms. The normalized spacial score (nSPS) is 12.3. The Morgan fingerprint density at radius 2 is 2.00 bits per heavy atom. The van der Waals surface area contributed by atoms with E-state index in [0.717, 1.165) is 16.9 Å². The van der Waals surface area contributed by atoms with Gasteiger partial charge in [0.1, 0.15) is 11.9 Å². The highest BCUT2D eigenvalue weighted by Gasteiger charge is 2.11. The number of aliphatic hydroxyl groups excluding tert-OH is 1. The van der Waals surface area contributed by atoms with Crippen molar-refractivity contribution in [1.29, 1.82) is 0 Å². The number of hydrogen-bond acceptors (Lipinski definition) is 4. The second kappa shape index (κ2) is 6.54. The SMILES string of the molecule is NCC(Oc1ccc(CCO)cc1)c1ccsc1. The van der Waals surface area contributed by atoms with Gasteiger partial charge in [0.2, 0.25) is 0 Å². The third-order valence-corrected chi connectivity index (χ3v) is 3.43. The summed E-state index contributed by atoms with van der Waals surface area (Å²) in [5, 5.41) is 12.9. The zero-order chi connectivity index (χ0) is 12.8. The molecule has 0 fully saturated rings. The van der Waals surface area contributed by atoms with E-state index in [1.54, 1.807) is 11.3 Å². The van der Waals surface area contributed by atoms with Crippen LogP contribution in [0.5, 0.6) is 5.75 Å². The topological polar surface area (TPSA) is 55.5 Å². The van der Waals surface area contributed by atoms with E-state index >= 15 is 0 Å². The molecule has 0 aliphatic heterocycles. The molecule has 0 aliphatic carbocycles. The van der Waals surface area contributed by atoms with E-state index in [0.29, 0.717) is 13.0 Å². The molecule has 1 aromatic heterocycles. The van der Waals surface area contributed by atoms with Gasteiger partial charge >= 0.3 is 0 Å². The Bertz CT molecular complexity index is 453. The molecule has 1 atom stereocenters. The Hall–Kier alpha value is -1.36. The summed E-state index contributed by atoms with van der Waals surface area (Å²) in [6.07, 6.45) is 0.574. The number of hydrogen-bond donors (Lipinski definition) is 2. The van der Waals surface area contributed by atoms with Crippen molar-refractivity contribution in [3.05, 3.63) is 52.2 Å². The summed E-state index contributed by atoms with van der Waals surface area (Å²) in [5.41, 5.74) is 7.95. The van der Waals surface area contributed by atoms with E-state index < -0.39 is 0 Å². The molecule has 0 bridgehead atoms. The number of rotatable bonds is 6. The first-order valence-corrected chi connectivity index (χ1v) is 6.86. The number of nitrogens with two attached hydrogens (primary N) is 1. The zero-order valence-electron chi connectivity index (χ0n) is 10.1. The fourth-order valence-electron chi connectivity index (χ4n) is 1.74. The molecule has 96 valence electrons. The molecule has 3 N–H and O–H groups in total. The molecule has 0 saturated heterocycles. The summed E-state index contributed by atoms with van der Waals surface area (Å²) >= 11 is 1.64. The lowest BCUT2D eigenvalue weighted by molar-refractivity contribution is 0.214. The predicted molar refractivity (Wildman–Crippen MR) is 74.0 cm³/mol. The van der Waals surface area contributed by atoms with Crippen molar-refractivity contribution in [3.63, 3.8) is 0 Å². The predicted octanol–water partition coefficient (Wildman–Crippen LogP) is 2.36. The third-order valence-electron chi connectivity index (χ3n) is 2.73. The molecule has 18 heavy (non-hydrogen) atoms. The maximum absolute atomic E-state index is 8.85. The van der Waals surface area contributed by atoms with Gasteiger partial charge in [-0.1, -0.05) is 12.1 Å². The van der Waals surface area contributed by atoms with Crippen LogP contribution in [0.3, 0.4) is 0 Å². The minimum absolute atomic E-state index is 0.0973. The van der Waals surface area contributed by atoms with Crippen molar-refractivity contribution in [3.8, 4) is 5.75 Å². The largest absolute Gasteiger partial charge is 0.484 e. The lowest BCUT2D eigenvalue weighted by Gasteiger charge is -2.16. The lowest BCUT2D eigenvalue weighted by atomic mass is 10.1. The summed E-state index contributed by atoms with van der Waals surface area (Å²) in [6.45, 7) is 0.621. The first-order chi connectivity index (χ1) is 8.83. The third kappa shape index (κ3) is 3.32. The summed E-state index contributed by atoms with van der Waals surface area (Å²) in [4.78, 5) is 0. The Morgan fingerprint density at radius 3 is 2.56 bits per heavy atom. The maximum Gasteiger partial charge on any atom is 0.137 e. The Morgan fingerprint density at radius 1 is 1.22 bits per heavy atom. The zero-order valence-corrected chi connectivity index (χ0v) is 10.9. The highest BCUT2D eigenvalue weighted by Crippen LogP contribution is 2.23. The average Bonchev–Trinajstić information content (AvgIpc) is 2.92. The van der Waals surface area contributed by atoms with Gasteiger partial charge in [0.15, 0.2) is 0 Å². The molecule has 1 heterocycles. The van der Waals surface area contributed by atoms with E-state index in [4.69, 9.17) is 15.6 Å². The summed E-state index contributed by atoms with van der Waals surface area (Å²) in [6, 6.07) is 9.79. The van der Waals surface area contributed by atoms with Crippen molar-refractivity contribution in [2.45, 2.75) is 12.5 Å². The Balaban J connectivity index is 2.03. The summed E-state index contributed by atoms with van der Waals surface area (Å²) in [7, 11) is 0. The molecule has 0 saturated carbocycles. The minimum Gasteiger partial charge on any atom is -0.484 e. The second-order valence-corrected chi connectivity index (χ2v) is 4.80. The average molecular weight is 263 g/mol. The van der Waals surface area contributed by atoms with E-state index in [-0.39, 0.29) is 12.7 Å². The van der Waals surface area contributed by atoms with Crippen LogP contribution in [-0.4, -0.2) is 18.3 Å². The highest BCUT2D eigenvalue weighted by molar-refractivity contribution is 7.07. The van der Waals surface area contributed by atoms with Gasteiger partial charge in [0, 0.05) is 18.7 Å². The van der Waals surface area contributed by atoms with Gasteiger partial charge in [-0.25, -0.2) is 0 Å². The van der Waals surface area contributed by atoms with Crippen molar-refractivity contribution in [2.24, 2.45) is 5.73 Å². The van der Waals surface area contributed by atoms with E-state index in [1.807, 2.05) is 35.7 Å². The van der Waals surface area contributed by atoms with Crippen LogP contribution in [0.25, 0.3) is 0 Å². The molecule has 1 aromatic carbocycles. The van der Waals surface area contributed by atoms with Crippen LogP contribution in [0.1, 0.15) is 17.2 Å². The smallest absolute Gasteiger partial charge is 0.137 e. The number of ether oxygens (including phenoxy) is 1. The van der Waals surface area contributed by atoms with Gasteiger partial charge in [-0.05, 0) is 40.9 Å². The van der Waals surface area contributed by atoms with Gasteiger partial charge in [-0.2, -0.15) is 11.3 Å². The first-order valence-electron chi connectivity index (χ1n) is 5.92. The fourth-order valence-corrected chi connectivity index (χ4v) is 2.44. The van der Waals surface area contributed by atoms with Crippen molar-refractivity contribution in [1.82, 2.24) is 0 Å². The Labute approximate surface area is 111 Å². The molecule has 3 nitrogen and oxygen atoms in total. The van der Waals surface area contributed by atoms with Crippen molar-refractivity contribution in [2.75, 3.05) is 13.2 Å². The van der Waals surface area contributed by atoms with E-state index in [2.05, 4.69) is 5.38 Å². The molecule has 0 amide bonds. The van der Waals surface area contributed by atoms with Crippen LogP contribution >= 0.6 is 11.3 Å². The first kappa shape index (κ1) is 13.1. The van der Waals surface area contributed by atoms with Crippen LogP contribution in [0.4, 0.5) is 0 Å². The van der Waals surface area contributed by atoms with E-state index in [1.165, 1.54) is 0 Å². The number of aliphatic hydroxyl groups is 1. The second-order valence-electron chi connectivity index (χ2n) is 4.02. The molecule has 2 aromatic rings. The summed E-state index contributed by atoms with van der Waals surface area (Å²) < 4.78 is 5.86. The molecule has 0 aliphatic rings. The van der Waals surface area contributed by atoms with Gasteiger partial charge in [-0.15, -0.1) is 0 Å². The van der Waals surface area contributed by atoms with Crippen LogP contribution in [0.2, 0.25) is 0 Å². The van der Waals surface area contributed by atoms with Crippen LogP contribution < -0.4 is 10.5 Å². The minimum atomic E-state index is -0.0973. The molecule has 2 rings (SSSR count). The monoisotopic (exact) mass is 263 g/mol. The van der Waals surface area contributed by atoms with Gasteiger partial charge in [0.25, 0.3) is 0 Å². The number of benzene rings is 1. The molecule has 4 heteroatoms. The molecule has 0 radical (unpaired) electrons. The maximum atomic E-state index is 8.85. The summed E-state index contributed by atoms with van der Waals surface area (Å²) in [5.74, 6) is 0.804. The Kier molecular flexibility index (Phi) is 4.75. The standard InChI is InChI=1S/C14H17NO2S/c15-9-14(12-6-8-18-10-12)17-13-3-1-11(2-4-13)5-7-16/h1-4,6,8,10,14,16H,5,7,9,15H2. The van der Waals surface area contributed by atoms with Gasteiger partial charge < -0.3 is 15.6 Å². The molecular weight excluding hydrogens is 246 g/mol. The quantitative estimate of drug-likeness (QED) is 0.841. The molecular formula is C14H17NO2S. The molecule has 1 unspecified atom stereocenters. The lowest BCUT2D eigenvalue weighted by Crippen LogP contribution is -2.17. The van der Waals surface area contributed by atoms with Crippen molar-refractivity contribution < 1.29 is 9.84 Å². The van der Waals surface area contributed by atoms with Crippen LogP contribution in [-0.2, 0) is 6.42 Å². The van der Waals surface area contributed by atoms with Crippen molar-refractivity contribution >= 4 is 11.3 Å². The van der Waals surface area contributed by atoms with Crippen LogP contribution in [0.15, 0.2) is 41.1 Å².